The summed E-state index contributed by atoms with van der Waals surface area (Å²) in [5, 5.41) is 21.4. The number of hydrogen-bond donors (Lipinski definition) is 2. The molecule has 1 rings (SSSR count). The van der Waals surface area contributed by atoms with E-state index >= 15 is 0 Å². The van der Waals surface area contributed by atoms with Gasteiger partial charge in [-0.1, -0.05) is 25.5 Å². The van der Waals surface area contributed by atoms with Gasteiger partial charge < -0.3 is 10.4 Å². The highest BCUT2D eigenvalue weighted by Crippen LogP contribution is 2.03. The summed E-state index contributed by atoms with van der Waals surface area (Å²) in [5.74, 6) is 0. The molecule has 0 heterocycles. The zero-order valence-electron chi connectivity index (χ0n) is 9.61. The van der Waals surface area contributed by atoms with Gasteiger partial charge >= 0.3 is 0 Å². The van der Waals surface area contributed by atoms with E-state index in [1.165, 1.54) is 0 Å². The predicted molar refractivity (Wildman–Crippen MR) is 63.8 cm³/mol. The average Bonchev–Trinajstić information content (AvgIpc) is 2.30. The maximum absolute atomic E-state index is 9.51. The summed E-state index contributed by atoms with van der Waals surface area (Å²) in [6, 6.07) is 9.60. The second-order valence-corrected chi connectivity index (χ2v) is 3.89. The van der Waals surface area contributed by atoms with Crippen LogP contribution in [0, 0.1) is 11.3 Å². The van der Waals surface area contributed by atoms with Gasteiger partial charge in [0.2, 0.25) is 0 Å². The Labute approximate surface area is 96.7 Å². The maximum atomic E-state index is 9.51. The Bertz CT molecular complexity index is 357. The summed E-state index contributed by atoms with van der Waals surface area (Å²) in [6.07, 6.45) is 1.54. The fourth-order valence-corrected chi connectivity index (χ4v) is 1.57. The fraction of sp³-hybridized carbons (Fsp3) is 0.462. The summed E-state index contributed by atoms with van der Waals surface area (Å²) < 4.78 is 0. The van der Waals surface area contributed by atoms with Crippen LogP contribution in [0.1, 0.15) is 30.9 Å². The first-order valence-electron chi connectivity index (χ1n) is 5.64. The Hall–Kier alpha value is -1.37. The van der Waals surface area contributed by atoms with E-state index in [9.17, 15) is 5.11 Å². The highest BCUT2D eigenvalue weighted by atomic mass is 16.3. The van der Waals surface area contributed by atoms with Gasteiger partial charge in [-0.05, 0) is 24.1 Å². The molecule has 0 bridgehead atoms. The van der Waals surface area contributed by atoms with Gasteiger partial charge in [-0.2, -0.15) is 5.26 Å². The van der Waals surface area contributed by atoms with Crippen molar-refractivity contribution in [3.63, 3.8) is 0 Å². The van der Waals surface area contributed by atoms with Crippen molar-refractivity contribution >= 4 is 0 Å². The molecule has 0 saturated carbocycles. The molecule has 0 radical (unpaired) electrons. The monoisotopic (exact) mass is 218 g/mol. The molecule has 0 aliphatic heterocycles. The van der Waals surface area contributed by atoms with E-state index in [1.54, 1.807) is 6.07 Å². The molecular weight excluding hydrogens is 200 g/mol. The Kier molecular flexibility index (Phi) is 5.55. The van der Waals surface area contributed by atoms with Gasteiger partial charge in [-0.3, -0.25) is 0 Å². The van der Waals surface area contributed by atoms with Crippen LogP contribution >= 0.6 is 0 Å². The lowest BCUT2D eigenvalue weighted by Crippen LogP contribution is -2.26. The molecule has 1 aromatic rings. The molecule has 0 fully saturated rings. The third-order valence-corrected chi connectivity index (χ3v) is 2.39. The van der Waals surface area contributed by atoms with Crippen LogP contribution in [0.2, 0.25) is 0 Å². The summed E-state index contributed by atoms with van der Waals surface area (Å²) in [4.78, 5) is 0. The molecule has 0 saturated heterocycles. The zero-order chi connectivity index (χ0) is 11.8. The molecule has 2 N–H and O–H groups in total. The lowest BCUT2D eigenvalue weighted by Gasteiger charge is -2.10. The number of aliphatic hydroxyl groups excluding tert-OH is 1. The van der Waals surface area contributed by atoms with Crippen molar-refractivity contribution in [2.24, 2.45) is 0 Å². The van der Waals surface area contributed by atoms with Crippen LogP contribution in [0.5, 0.6) is 0 Å². The molecule has 16 heavy (non-hydrogen) atoms. The van der Waals surface area contributed by atoms with E-state index in [4.69, 9.17) is 5.26 Å². The first-order chi connectivity index (χ1) is 7.76. The Morgan fingerprint density at radius 2 is 2.31 bits per heavy atom. The Morgan fingerprint density at radius 3 is 3.00 bits per heavy atom. The number of rotatable bonds is 6. The molecule has 0 aliphatic carbocycles. The van der Waals surface area contributed by atoms with Crippen molar-refractivity contribution in [3.05, 3.63) is 35.4 Å². The van der Waals surface area contributed by atoms with Gasteiger partial charge in [0, 0.05) is 13.1 Å². The van der Waals surface area contributed by atoms with Gasteiger partial charge in [0.15, 0.2) is 0 Å². The number of benzene rings is 1. The molecule has 3 nitrogen and oxygen atoms in total. The second kappa shape index (κ2) is 7.00. The average molecular weight is 218 g/mol. The molecule has 0 aromatic heterocycles. The third-order valence-electron chi connectivity index (χ3n) is 2.39. The number of aliphatic hydroxyl groups is 1. The predicted octanol–water partition coefficient (Wildman–Crippen LogP) is 1.81. The van der Waals surface area contributed by atoms with E-state index < -0.39 is 0 Å². The van der Waals surface area contributed by atoms with E-state index in [1.807, 2.05) is 18.2 Å². The molecule has 0 spiro atoms. The van der Waals surface area contributed by atoms with Crippen LogP contribution in [-0.2, 0) is 6.54 Å². The molecule has 3 heteroatoms. The molecule has 0 amide bonds. The van der Waals surface area contributed by atoms with E-state index in [0.717, 1.165) is 18.4 Å². The topological polar surface area (TPSA) is 56.0 Å². The Balaban J connectivity index is 2.34. The van der Waals surface area contributed by atoms with E-state index in [0.29, 0.717) is 18.7 Å². The first kappa shape index (κ1) is 12.7. The number of nitrogens with zero attached hydrogens (tertiary/aromatic N) is 1. The quantitative estimate of drug-likeness (QED) is 0.765. The standard InChI is InChI=1S/C13H18N2O/c1-2-4-13(16)10-15-9-12-6-3-5-11(7-12)8-14/h3,5-7,13,15-16H,2,4,9-10H2,1H3. The molecule has 0 aliphatic rings. The summed E-state index contributed by atoms with van der Waals surface area (Å²) >= 11 is 0. The minimum absolute atomic E-state index is 0.274. The molecular formula is C13H18N2O. The van der Waals surface area contributed by atoms with Crippen LogP contribution in [-0.4, -0.2) is 17.8 Å². The van der Waals surface area contributed by atoms with Crippen LogP contribution in [0.3, 0.4) is 0 Å². The molecule has 1 atom stereocenters. The van der Waals surface area contributed by atoms with Crippen molar-refractivity contribution in [2.75, 3.05) is 6.54 Å². The number of hydrogen-bond acceptors (Lipinski definition) is 3. The number of nitriles is 1. The van der Waals surface area contributed by atoms with Gasteiger partial charge in [0.05, 0.1) is 17.7 Å². The van der Waals surface area contributed by atoms with Gasteiger partial charge in [0.1, 0.15) is 0 Å². The summed E-state index contributed by atoms with van der Waals surface area (Å²) in [7, 11) is 0. The smallest absolute Gasteiger partial charge is 0.0991 e. The summed E-state index contributed by atoms with van der Waals surface area (Å²) in [6.45, 7) is 3.35. The van der Waals surface area contributed by atoms with Crippen LogP contribution in [0.25, 0.3) is 0 Å². The minimum Gasteiger partial charge on any atom is -0.392 e. The molecule has 1 unspecified atom stereocenters. The van der Waals surface area contributed by atoms with Crippen molar-refractivity contribution in [2.45, 2.75) is 32.4 Å². The lowest BCUT2D eigenvalue weighted by molar-refractivity contribution is 0.160. The number of nitrogens with one attached hydrogen (secondary N) is 1. The highest BCUT2D eigenvalue weighted by Gasteiger charge is 2.01. The van der Waals surface area contributed by atoms with Gasteiger partial charge in [-0.25, -0.2) is 0 Å². The first-order valence-corrected chi connectivity index (χ1v) is 5.64. The minimum atomic E-state index is -0.274. The molecule has 1 aromatic carbocycles. The summed E-state index contributed by atoms with van der Waals surface area (Å²) in [5.41, 5.74) is 1.75. The van der Waals surface area contributed by atoms with Crippen LogP contribution < -0.4 is 5.32 Å². The maximum Gasteiger partial charge on any atom is 0.0991 e. The molecule has 86 valence electrons. The van der Waals surface area contributed by atoms with E-state index in [-0.39, 0.29) is 6.10 Å². The highest BCUT2D eigenvalue weighted by molar-refractivity contribution is 5.32. The van der Waals surface area contributed by atoms with Crippen LogP contribution in [0.4, 0.5) is 0 Å². The van der Waals surface area contributed by atoms with Crippen LogP contribution in [0.15, 0.2) is 24.3 Å². The largest absolute Gasteiger partial charge is 0.392 e. The van der Waals surface area contributed by atoms with Crippen molar-refractivity contribution < 1.29 is 5.11 Å². The fourth-order valence-electron chi connectivity index (χ4n) is 1.57. The zero-order valence-corrected chi connectivity index (χ0v) is 9.61. The second-order valence-electron chi connectivity index (χ2n) is 3.89. The van der Waals surface area contributed by atoms with Gasteiger partial charge in [-0.15, -0.1) is 0 Å². The van der Waals surface area contributed by atoms with E-state index in [2.05, 4.69) is 18.3 Å². The SMILES string of the molecule is CCCC(O)CNCc1cccc(C#N)c1. The third kappa shape index (κ3) is 4.43. The van der Waals surface area contributed by atoms with Crippen molar-refractivity contribution in [1.29, 1.82) is 5.26 Å². The normalized spacial score (nSPS) is 12.1. The van der Waals surface area contributed by atoms with Crippen molar-refractivity contribution in [3.8, 4) is 6.07 Å². The van der Waals surface area contributed by atoms with Crippen molar-refractivity contribution in [1.82, 2.24) is 5.32 Å². The Morgan fingerprint density at radius 1 is 1.50 bits per heavy atom. The van der Waals surface area contributed by atoms with Gasteiger partial charge in [0.25, 0.3) is 0 Å². The lowest BCUT2D eigenvalue weighted by atomic mass is 10.1.